The first-order valence-electron chi connectivity index (χ1n) is 9.68. The van der Waals surface area contributed by atoms with Crippen molar-refractivity contribution in [2.45, 2.75) is 13.5 Å². The van der Waals surface area contributed by atoms with Crippen LogP contribution in [0.15, 0.2) is 30.5 Å². The number of para-hydroxylation sites is 1. The van der Waals surface area contributed by atoms with Gasteiger partial charge in [0, 0.05) is 45.2 Å². The fourth-order valence-corrected chi connectivity index (χ4v) is 3.99. The fraction of sp³-hybridized carbons (Fsp3) is 0.318. The van der Waals surface area contributed by atoms with Crippen molar-refractivity contribution in [3.63, 3.8) is 0 Å². The van der Waals surface area contributed by atoms with Gasteiger partial charge in [0.05, 0.1) is 28.7 Å². The van der Waals surface area contributed by atoms with Crippen molar-refractivity contribution in [3.05, 3.63) is 53.0 Å². The first-order chi connectivity index (χ1) is 13.9. The fourth-order valence-electron chi connectivity index (χ4n) is 3.99. The summed E-state index contributed by atoms with van der Waals surface area (Å²) in [5.41, 5.74) is 4.59. The lowest BCUT2D eigenvalue weighted by molar-refractivity contribution is 0.0696. The molecule has 0 saturated carbocycles. The number of benzene rings is 1. The smallest absolute Gasteiger partial charge is 0.336 e. The summed E-state index contributed by atoms with van der Waals surface area (Å²) in [6.07, 6.45) is 3.92. The average Bonchev–Trinajstić information content (AvgIpc) is 3.06. The van der Waals surface area contributed by atoms with Gasteiger partial charge in [0.25, 0.3) is 0 Å². The summed E-state index contributed by atoms with van der Waals surface area (Å²) in [6, 6.07) is 7.46. The zero-order chi connectivity index (χ0) is 20.7. The molecule has 150 valence electrons. The predicted molar refractivity (Wildman–Crippen MR) is 115 cm³/mol. The van der Waals surface area contributed by atoms with E-state index in [2.05, 4.69) is 22.9 Å². The third-order valence-corrected chi connectivity index (χ3v) is 5.46. The molecule has 0 radical (unpaired) electrons. The van der Waals surface area contributed by atoms with Gasteiger partial charge in [0.1, 0.15) is 0 Å². The third kappa shape index (κ3) is 3.27. The number of hydrogen-bond donors (Lipinski definition) is 1. The summed E-state index contributed by atoms with van der Waals surface area (Å²) >= 11 is 0. The van der Waals surface area contributed by atoms with E-state index in [1.165, 1.54) is 0 Å². The van der Waals surface area contributed by atoms with Crippen molar-refractivity contribution >= 4 is 34.5 Å². The van der Waals surface area contributed by atoms with E-state index in [0.29, 0.717) is 23.0 Å². The summed E-state index contributed by atoms with van der Waals surface area (Å²) in [5.74, 6) is -0.0505. The van der Waals surface area contributed by atoms with Crippen LogP contribution in [0.25, 0.3) is 22.6 Å². The quantitative estimate of drug-likeness (QED) is 0.737. The van der Waals surface area contributed by atoms with Crippen LogP contribution in [-0.2, 0) is 13.6 Å². The standard InChI is InChI=1S/C22H25N5O2/c1-5-27-12-14(10-15-11-23-22(25(2)3)26(15)4)20-17(13-27)19(21(28)29)16-8-6-7-9-18(16)24-20/h6-11H,5,12-13H2,1-4H3,(H,28,29). The van der Waals surface area contributed by atoms with E-state index in [1.54, 1.807) is 0 Å². The molecular formula is C22H25N5O2. The Hall–Kier alpha value is -3.19. The van der Waals surface area contributed by atoms with Crippen molar-refractivity contribution in [2.75, 3.05) is 32.1 Å². The van der Waals surface area contributed by atoms with Gasteiger partial charge < -0.3 is 14.6 Å². The minimum Gasteiger partial charge on any atom is -0.478 e. The molecule has 2 aromatic heterocycles. The molecule has 0 spiro atoms. The van der Waals surface area contributed by atoms with Crippen molar-refractivity contribution in [1.29, 1.82) is 0 Å². The Bertz CT molecular complexity index is 1130. The van der Waals surface area contributed by atoms with Gasteiger partial charge in [-0.15, -0.1) is 0 Å². The Morgan fingerprint density at radius 1 is 1.28 bits per heavy atom. The molecule has 1 aliphatic rings. The molecule has 29 heavy (non-hydrogen) atoms. The van der Waals surface area contributed by atoms with Crippen molar-refractivity contribution in [3.8, 4) is 0 Å². The Balaban J connectivity index is 1.96. The van der Waals surface area contributed by atoms with Crippen molar-refractivity contribution in [2.24, 2.45) is 7.05 Å². The number of anilines is 1. The summed E-state index contributed by atoms with van der Waals surface area (Å²) in [5, 5.41) is 10.7. The van der Waals surface area contributed by atoms with E-state index in [0.717, 1.165) is 41.6 Å². The molecule has 0 saturated heterocycles. The van der Waals surface area contributed by atoms with Gasteiger partial charge in [-0.1, -0.05) is 25.1 Å². The summed E-state index contributed by atoms with van der Waals surface area (Å²) in [6.45, 7) is 4.22. The number of imidazole rings is 1. The highest BCUT2D eigenvalue weighted by Crippen LogP contribution is 2.34. The number of aromatic nitrogens is 3. The number of fused-ring (bicyclic) bond motifs is 2. The molecule has 3 heterocycles. The van der Waals surface area contributed by atoms with Gasteiger partial charge in [-0.05, 0) is 24.3 Å². The maximum Gasteiger partial charge on any atom is 0.336 e. The highest BCUT2D eigenvalue weighted by Gasteiger charge is 2.28. The van der Waals surface area contributed by atoms with Gasteiger partial charge in [0.2, 0.25) is 5.95 Å². The molecule has 0 fully saturated rings. The van der Waals surface area contributed by atoms with Gasteiger partial charge in [-0.2, -0.15) is 0 Å². The highest BCUT2D eigenvalue weighted by molar-refractivity contribution is 6.05. The summed E-state index contributed by atoms with van der Waals surface area (Å²) in [7, 11) is 5.90. The van der Waals surface area contributed by atoms with Crippen LogP contribution < -0.4 is 4.90 Å². The molecule has 7 nitrogen and oxygen atoms in total. The zero-order valence-electron chi connectivity index (χ0n) is 17.2. The van der Waals surface area contributed by atoms with Crippen LogP contribution in [0, 0.1) is 0 Å². The molecule has 0 aliphatic carbocycles. The molecule has 4 rings (SSSR count). The molecule has 0 bridgehead atoms. The molecular weight excluding hydrogens is 366 g/mol. The lowest BCUT2D eigenvalue weighted by Crippen LogP contribution is -2.31. The van der Waals surface area contributed by atoms with Crippen LogP contribution in [0.4, 0.5) is 5.95 Å². The monoisotopic (exact) mass is 391 g/mol. The number of likely N-dealkylation sites (N-methyl/N-ethyl adjacent to an activating group) is 1. The van der Waals surface area contributed by atoms with Crippen molar-refractivity contribution in [1.82, 2.24) is 19.4 Å². The van der Waals surface area contributed by atoms with E-state index in [9.17, 15) is 9.90 Å². The molecule has 1 N–H and O–H groups in total. The topological polar surface area (TPSA) is 74.5 Å². The number of pyridine rings is 1. The number of rotatable bonds is 4. The van der Waals surface area contributed by atoms with Crippen LogP contribution in [0.3, 0.4) is 0 Å². The number of carboxylic acid groups (broad SMARTS) is 1. The summed E-state index contributed by atoms with van der Waals surface area (Å²) < 4.78 is 2.02. The third-order valence-electron chi connectivity index (χ3n) is 5.46. The first kappa shape index (κ1) is 19.1. The minimum atomic E-state index is -0.910. The van der Waals surface area contributed by atoms with Gasteiger partial charge in [-0.25, -0.2) is 14.8 Å². The van der Waals surface area contributed by atoms with E-state index < -0.39 is 5.97 Å². The molecule has 3 aromatic rings. The summed E-state index contributed by atoms with van der Waals surface area (Å²) in [4.78, 5) is 25.8. The Morgan fingerprint density at radius 2 is 2.03 bits per heavy atom. The second-order valence-electron chi connectivity index (χ2n) is 7.55. The molecule has 0 atom stereocenters. The molecule has 0 unspecified atom stereocenters. The minimum absolute atomic E-state index is 0.355. The maximum atomic E-state index is 12.2. The van der Waals surface area contributed by atoms with Crippen LogP contribution >= 0.6 is 0 Å². The van der Waals surface area contributed by atoms with Crippen LogP contribution in [0.1, 0.15) is 34.2 Å². The normalized spacial score (nSPS) is 15.7. The van der Waals surface area contributed by atoms with Crippen LogP contribution in [-0.4, -0.2) is 57.7 Å². The molecule has 7 heteroatoms. The van der Waals surface area contributed by atoms with Crippen LogP contribution in [0.5, 0.6) is 0 Å². The number of aromatic carboxylic acids is 1. The second-order valence-corrected chi connectivity index (χ2v) is 7.55. The zero-order valence-corrected chi connectivity index (χ0v) is 17.2. The van der Waals surface area contributed by atoms with E-state index >= 15 is 0 Å². The highest BCUT2D eigenvalue weighted by atomic mass is 16.4. The van der Waals surface area contributed by atoms with Crippen molar-refractivity contribution < 1.29 is 9.90 Å². The number of carbonyl (C=O) groups is 1. The largest absolute Gasteiger partial charge is 0.478 e. The second kappa shape index (κ2) is 7.33. The van der Waals surface area contributed by atoms with Gasteiger partial charge in [0.15, 0.2) is 0 Å². The molecule has 1 aromatic carbocycles. The number of hydrogen-bond acceptors (Lipinski definition) is 5. The first-order valence-corrected chi connectivity index (χ1v) is 9.68. The van der Waals surface area contributed by atoms with Gasteiger partial charge in [-0.3, -0.25) is 4.90 Å². The van der Waals surface area contributed by atoms with Gasteiger partial charge >= 0.3 is 5.97 Å². The van der Waals surface area contributed by atoms with E-state index in [-0.39, 0.29) is 0 Å². The predicted octanol–water partition coefficient (Wildman–Crippen LogP) is 3.11. The Labute approximate surface area is 169 Å². The molecule has 0 amide bonds. The lowest BCUT2D eigenvalue weighted by Gasteiger charge is -2.30. The maximum absolute atomic E-state index is 12.2. The lowest BCUT2D eigenvalue weighted by atomic mass is 9.92. The SMILES string of the molecule is CCN1CC(=Cc2cnc(N(C)C)n2C)c2nc3ccccc3c(C(=O)O)c2C1. The van der Waals surface area contributed by atoms with E-state index in [4.69, 9.17) is 4.98 Å². The number of nitrogens with zero attached hydrogens (tertiary/aromatic N) is 5. The average molecular weight is 391 g/mol. The molecule has 1 aliphatic heterocycles. The Morgan fingerprint density at radius 3 is 2.69 bits per heavy atom. The Kier molecular flexibility index (Phi) is 4.84. The van der Waals surface area contributed by atoms with Crippen LogP contribution in [0.2, 0.25) is 0 Å². The number of carboxylic acids is 1. The van der Waals surface area contributed by atoms with E-state index in [1.807, 2.05) is 61.1 Å².